The lowest BCUT2D eigenvalue weighted by Crippen LogP contribution is -2.35. The van der Waals surface area contributed by atoms with E-state index < -0.39 is 24.6 Å². The Kier molecular flexibility index (Phi) is 7.83. The molecule has 1 atom stereocenters. The zero-order valence-electron chi connectivity index (χ0n) is 15.3. The monoisotopic (exact) mass is 404 g/mol. The number of rotatable bonds is 9. The molecule has 0 aromatic heterocycles. The Morgan fingerprint density at radius 2 is 1.79 bits per heavy atom. The summed E-state index contributed by atoms with van der Waals surface area (Å²) in [6, 6.07) is 11.7. The van der Waals surface area contributed by atoms with E-state index >= 15 is 0 Å². The number of hydrogen-bond donors (Lipinski definition) is 2. The first-order valence-corrected chi connectivity index (χ1v) is 9.00. The smallest absolute Gasteiger partial charge is 0.312 e. The highest BCUT2D eigenvalue weighted by Crippen LogP contribution is 2.25. The Morgan fingerprint density at radius 1 is 1.11 bits per heavy atom. The summed E-state index contributed by atoms with van der Waals surface area (Å²) in [6.45, 7) is 1.97. The van der Waals surface area contributed by atoms with Crippen molar-refractivity contribution in [3.63, 3.8) is 0 Å². The Bertz CT molecular complexity index is 839. The van der Waals surface area contributed by atoms with E-state index in [0.29, 0.717) is 28.5 Å². The summed E-state index contributed by atoms with van der Waals surface area (Å²) in [6.07, 6.45) is -0.219. The van der Waals surface area contributed by atoms with Crippen molar-refractivity contribution in [2.45, 2.75) is 19.4 Å². The number of nitrogens with one attached hydrogen (secondary N) is 1. The molecular weight excluding hydrogens is 384 g/mol. The lowest BCUT2D eigenvalue weighted by atomic mass is 10.0. The average Bonchev–Trinajstić information content (AvgIpc) is 2.66. The molecule has 0 radical (unpaired) electrons. The van der Waals surface area contributed by atoms with Crippen LogP contribution in [0.25, 0.3) is 0 Å². The van der Waals surface area contributed by atoms with Gasteiger partial charge >= 0.3 is 12.0 Å². The zero-order valence-corrected chi connectivity index (χ0v) is 16.1. The third-order valence-electron chi connectivity index (χ3n) is 3.82. The van der Waals surface area contributed by atoms with E-state index in [-0.39, 0.29) is 12.2 Å². The second-order valence-corrected chi connectivity index (χ2v) is 6.24. The number of primary amides is 1. The molecule has 0 unspecified atom stereocenters. The molecule has 148 valence electrons. The number of Topliss-reactive ketones (excluding diaryl/α,β-unsaturated/α-hetero) is 1. The van der Waals surface area contributed by atoms with E-state index in [1.165, 1.54) is 0 Å². The summed E-state index contributed by atoms with van der Waals surface area (Å²) in [5.41, 5.74) is 6.10. The van der Waals surface area contributed by atoms with Gasteiger partial charge in [-0.3, -0.25) is 9.59 Å². The molecule has 0 aliphatic carbocycles. The molecule has 2 rings (SSSR count). The average molecular weight is 405 g/mol. The SMILES string of the molecule is CCOc1ccc(C(=O)COC(=O)C[C@@H](NC(N)=O)c2ccccc2Cl)cc1. The minimum Gasteiger partial charge on any atom is -0.494 e. The summed E-state index contributed by atoms with van der Waals surface area (Å²) in [7, 11) is 0. The Hall–Kier alpha value is -3.06. The Balaban J connectivity index is 1.96. The maximum Gasteiger partial charge on any atom is 0.312 e. The number of carbonyl (C=O) groups excluding carboxylic acids is 3. The number of nitrogens with two attached hydrogens (primary N) is 1. The van der Waals surface area contributed by atoms with Gasteiger partial charge in [-0.1, -0.05) is 29.8 Å². The van der Waals surface area contributed by atoms with Crippen molar-refractivity contribution in [1.29, 1.82) is 0 Å². The van der Waals surface area contributed by atoms with Crippen LogP contribution in [0.15, 0.2) is 48.5 Å². The van der Waals surface area contributed by atoms with Crippen molar-refractivity contribution in [3.8, 4) is 5.75 Å². The Labute approximate surface area is 167 Å². The number of halogens is 1. The second kappa shape index (κ2) is 10.3. The number of urea groups is 1. The van der Waals surface area contributed by atoms with E-state index in [9.17, 15) is 14.4 Å². The van der Waals surface area contributed by atoms with Crippen LogP contribution in [0.5, 0.6) is 5.75 Å². The third kappa shape index (κ3) is 6.28. The van der Waals surface area contributed by atoms with Crippen LogP contribution in [0.2, 0.25) is 5.02 Å². The number of benzene rings is 2. The molecule has 0 heterocycles. The molecule has 2 aromatic carbocycles. The molecule has 0 saturated carbocycles. The van der Waals surface area contributed by atoms with Crippen LogP contribution < -0.4 is 15.8 Å². The fourth-order valence-corrected chi connectivity index (χ4v) is 2.79. The second-order valence-electron chi connectivity index (χ2n) is 5.83. The highest BCUT2D eigenvalue weighted by atomic mass is 35.5. The fourth-order valence-electron chi connectivity index (χ4n) is 2.53. The highest BCUT2D eigenvalue weighted by Gasteiger charge is 2.21. The van der Waals surface area contributed by atoms with Crippen LogP contribution in [-0.4, -0.2) is 31.0 Å². The molecule has 8 heteroatoms. The van der Waals surface area contributed by atoms with E-state index in [1.54, 1.807) is 48.5 Å². The first kappa shape index (κ1) is 21.2. The van der Waals surface area contributed by atoms with Gasteiger partial charge in [0.05, 0.1) is 19.1 Å². The van der Waals surface area contributed by atoms with Gasteiger partial charge in [-0.2, -0.15) is 0 Å². The number of hydrogen-bond acceptors (Lipinski definition) is 5. The Morgan fingerprint density at radius 3 is 2.39 bits per heavy atom. The molecule has 0 spiro atoms. The molecule has 2 aromatic rings. The van der Waals surface area contributed by atoms with Gasteiger partial charge in [-0.05, 0) is 42.8 Å². The van der Waals surface area contributed by atoms with Gasteiger partial charge < -0.3 is 20.5 Å². The summed E-state index contributed by atoms with van der Waals surface area (Å²) < 4.78 is 10.4. The normalized spacial score (nSPS) is 11.4. The molecule has 2 amide bonds. The zero-order chi connectivity index (χ0) is 20.5. The minimum absolute atomic E-state index is 0.219. The van der Waals surface area contributed by atoms with Crippen LogP contribution in [0.4, 0.5) is 4.79 Å². The maximum atomic E-state index is 12.2. The number of carbonyl (C=O) groups is 3. The molecular formula is C20H21ClN2O5. The molecule has 0 aliphatic heterocycles. The van der Waals surface area contributed by atoms with Gasteiger partial charge in [0.25, 0.3) is 0 Å². The first-order chi connectivity index (χ1) is 13.4. The van der Waals surface area contributed by atoms with Gasteiger partial charge in [-0.25, -0.2) is 4.79 Å². The van der Waals surface area contributed by atoms with Gasteiger partial charge in [0.1, 0.15) is 5.75 Å². The number of esters is 1. The summed E-state index contributed by atoms with van der Waals surface area (Å²) in [5.74, 6) is -0.373. The topological polar surface area (TPSA) is 108 Å². The summed E-state index contributed by atoms with van der Waals surface area (Å²) >= 11 is 6.12. The molecule has 0 aliphatic rings. The summed E-state index contributed by atoms with van der Waals surface area (Å²) in [4.78, 5) is 35.6. The van der Waals surface area contributed by atoms with Gasteiger partial charge in [0.2, 0.25) is 0 Å². The van der Waals surface area contributed by atoms with E-state index in [2.05, 4.69) is 5.32 Å². The van der Waals surface area contributed by atoms with Crippen molar-refractivity contribution in [2.24, 2.45) is 5.73 Å². The highest BCUT2D eigenvalue weighted by molar-refractivity contribution is 6.31. The van der Waals surface area contributed by atoms with Crippen LogP contribution in [0.3, 0.4) is 0 Å². The van der Waals surface area contributed by atoms with Crippen LogP contribution >= 0.6 is 11.6 Å². The number of amides is 2. The van der Waals surface area contributed by atoms with Crippen LogP contribution in [0.1, 0.15) is 35.3 Å². The lowest BCUT2D eigenvalue weighted by molar-refractivity contribution is -0.143. The largest absolute Gasteiger partial charge is 0.494 e. The van der Waals surface area contributed by atoms with Gasteiger partial charge in [0, 0.05) is 10.6 Å². The maximum absolute atomic E-state index is 12.2. The van der Waals surface area contributed by atoms with Gasteiger partial charge in [-0.15, -0.1) is 0 Å². The fraction of sp³-hybridized carbons (Fsp3) is 0.250. The molecule has 0 saturated heterocycles. The first-order valence-electron chi connectivity index (χ1n) is 8.62. The van der Waals surface area contributed by atoms with E-state index in [1.807, 2.05) is 6.92 Å². The third-order valence-corrected chi connectivity index (χ3v) is 4.16. The molecule has 3 N–H and O–H groups in total. The predicted molar refractivity (Wildman–Crippen MR) is 104 cm³/mol. The molecule has 7 nitrogen and oxygen atoms in total. The molecule has 28 heavy (non-hydrogen) atoms. The number of ether oxygens (including phenoxy) is 2. The van der Waals surface area contributed by atoms with Gasteiger partial charge in [0.15, 0.2) is 12.4 Å². The predicted octanol–water partition coefficient (Wildman–Crippen LogP) is 3.26. The van der Waals surface area contributed by atoms with E-state index in [0.717, 1.165) is 0 Å². The van der Waals surface area contributed by atoms with Crippen molar-refractivity contribution < 1.29 is 23.9 Å². The van der Waals surface area contributed by atoms with Crippen molar-refractivity contribution in [2.75, 3.05) is 13.2 Å². The van der Waals surface area contributed by atoms with E-state index in [4.69, 9.17) is 26.8 Å². The van der Waals surface area contributed by atoms with Crippen molar-refractivity contribution in [3.05, 3.63) is 64.7 Å². The minimum atomic E-state index is -0.803. The van der Waals surface area contributed by atoms with Crippen LogP contribution in [0, 0.1) is 0 Å². The molecule has 0 bridgehead atoms. The van der Waals surface area contributed by atoms with Crippen LogP contribution in [-0.2, 0) is 9.53 Å². The summed E-state index contributed by atoms with van der Waals surface area (Å²) in [5, 5.41) is 2.83. The lowest BCUT2D eigenvalue weighted by Gasteiger charge is -2.18. The quantitative estimate of drug-likeness (QED) is 0.492. The van der Waals surface area contributed by atoms with Crippen molar-refractivity contribution >= 4 is 29.4 Å². The van der Waals surface area contributed by atoms with Crippen molar-refractivity contribution in [1.82, 2.24) is 5.32 Å². The molecule has 0 fully saturated rings. The number of ketones is 1. The standard InChI is InChI=1S/C20H21ClN2O5/c1-2-27-14-9-7-13(8-10-14)18(24)12-28-19(25)11-17(23-20(22)26)15-5-3-4-6-16(15)21/h3-10,17H,2,11-12H2,1H3,(H3,22,23,26)/t17-/m1/s1.